The Hall–Kier alpha value is -1.62. The average Bonchev–Trinajstić information content (AvgIpc) is 2.62. The highest BCUT2D eigenvalue weighted by Gasteiger charge is 2.03. The molecular weight excluding hydrogens is 228 g/mol. The number of carboxylic acid groups (broad SMARTS) is 1. The van der Waals surface area contributed by atoms with Gasteiger partial charge in [0.1, 0.15) is 0 Å². The van der Waals surface area contributed by atoms with Crippen molar-refractivity contribution < 1.29 is 19.4 Å². The van der Waals surface area contributed by atoms with Crippen LogP contribution in [0.25, 0.3) is 6.08 Å². The lowest BCUT2D eigenvalue weighted by Crippen LogP contribution is -1.98. The summed E-state index contributed by atoms with van der Waals surface area (Å²) in [6.07, 6.45) is 2.95. The van der Waals surface area contributed by atoms with Crippen molar-refractivity contribution in [3.63, 3.8) is 0 Å². The fourth-order valence-electron chi connectivity index (χ4n) is 1.08. The molecule has 0 aliphatic carbocycles. The van der Waals surface area contributed by atoms with E-state index in [2.05, 4.69) is 0 Å². The third kappa shape index (κ3) is 4.27. The van der Waals surface area contributed by atoms with Crippen LogP contribution in [0.2, 0.25) is 0 Å². The smallest absolute Gasteiger partial charge is 0.330 e. The molecule has 0 aromatic carbocycles. The Bertz CT molecular complexity index is 406. The summed E-state index contributed by atoms with van der Waals surface area (Å²) in [5.74, 6) is -1.25. The van der Waals surface area contributed by atoms with E-state index >= 15 is 0 Å². The number of carboxylic acids is 1. The first-order valence-corrected chi connectivity index (χ1v) is 5.64. The number of thiophene rings is 1. The van der Waals surface area contributed by atoms with Crippen LogP contribution in [0.4, 0.5) is 0 Å². The van der Waals surface area contributed by atoms with Gasteiger partial charge in [-0.25, -0.2) is 4.79 Å². The molecule has 4 nitrogen and oxygen atoms in total. The molecule has 0 saturated heterocycles. The molecule has 0 bridgehead atoms. The van der Waals surface area contributed by atoms with Gasteiger partial charge in [0.2, 0.25) is 0 Å². The van der Waals surface area contributed by atoms with E-state index in [4.69, 9.17) is 9.84 Å². The molecule has 0 radical (unpaired) electrons. The minimum absolute atomic E-state index is 0.0118. The SMILES string of the molecule is CCOC(=O)C=Cc1csc(CC(=O)O)c1. The Kier molecular flexibility index (Phi) is 4.72. The minimum atomic E-state index is -0.859. The molecule has 0 aliphatic rings. The van der Waals surface area contributed by atoms with E-state index in [1.165, 1.54) is 17.4 Å². The molecule has 1 aromatic rings. The van der Waals surface area contributed by atoms with E-state index in [1.807, 2.05) is 0 Å². The van der Waals surface area contributed by atoms with E-state index in [1.54, 1.807) is 24.4 Å². The molecule has 0 amide bonds. The first-order chi connectivity index (χ1) is 7.61. The normalized spacial score (nSPS) is 10.6. The van der Waals surface area contributed by atoms with Crippen LogP contribution in [0, 0.1) is 0 Å². The first-order valence-electron chi connectivity index (χ1n) is 4.76. The molecule has 16 heavy (non-hydrogen) atoms. The second kappa shape index (κ2) is 6.07. The number of ether oxygens (including phenoxy) is 1. The van der Waals surface area contributed by atoms with Gasteiger partial charge in [-0.05, 0) is 30.0 Å². The number of esters is 1. The zero-order valence-corrected chi connectivity index (χ0v) is 9.62. The Balaban J connectivity index is 2.58. The fourth-order valence-corrected chi connectivity index (χ4v) is 1.93. The lowest BCUT2D eigenvalue weighted by Gasteiger charge is -1.93. The van der Waals surface area contributed by atoms with Crippen molar-refractivity contribution in [1.29, 1.82) is 0 Å². The van der Waals surface area contributed by atoms with Crippen LogP contribution in [-0.4, -0.2) is 23.7 Å². The second-order valence-corrected chi connectivity index (χ2v) is 4.00. The molecule has 0 fully saturated rings. The van der Waals surface area contributed by atoms with Gasteiger partial charge in [-0.15, -0.1) is 11.3 Å². The summed E-state index contributed by atoms with van der Waals surface area (Å²) in [5, 5.41) is 10.4. The quantitative estimate of drug-likeness (QED) is 0.631. The number of carbonyl (C=O) groups excluding carboxylic acids is 1. The Morgan fingerprint density at radius 3 is 2.94 bits per heavy atom. The standard InChI is InChI=1S/C11H12O4S/c1-2-15-11(14)4-3-8-5-9(16-7-8)6-10(12)13/h3-5,7H,2,6H2,1H3,(H,12,13). The molecule has 86 valence electrons. The largest absolute Gasteiger partial charge is 0.481 e. The lowest BCUT2D eigenvalue weighted by atomic mass is 10.2. The Labute approximate surface area is 97.2 Å². The van der Waals surface area contributed by atoms with Crippen molar-refractivity contribution >= 4 is 29.4 Å². The third-order valence-corrected chi connectivity index (χ3v) is 2.65. The highest BCUT2D eigenvalue weighted by molar-refractivity contribution is 7.10. The van der Waals surface area contributed by atoms with Gasteiger partial charge in [-0.2, -0.15) is 0 Å². The van der Waals surface area contributed by atoms with Crippen molar-refractivity contribution in [1.82, 2.24) is 0 Å². The summed E-state index contributed by atoms with van der Waals surface area (Å²) in [5.41, 5.74) is 0.814. The zero-order valence-electron chi connectivity index (χ0n) is 8.80. The van der Waals surface area contributed by atoms with Gasteiger partial charge in [0.25, 0.3) is 0 Å². The second-order valence-electron chi connectivity index (χ2n) is 3.00. The van der Waals surface area contributed by atoms with Crippen molar-refractivity contribution in [3.05, 3.63) is 28.0 Å². The van der Waals surface area contributed by atoms with Crippen LogP contribution in [-0.2, 0) is 20.7 Å². The van der Waals surface area contributed by atoms with Crippen LogP contribution in [0.15, 0.2) is 17.5 Å². The summed E-state index contributed by atoms with van der Waals surface area (Å²) >= 11 is 1.36. The van der Waals surface area contributed by atoms with E-state index < -0.39 is 11.9 Å². The Morgan fingerprint density at radius 1 is 1.56 bits per heavy atom. The maximum atomic E-state index is 11.0. The predicted octanol–water partition coefficient (Wildman–Crippen LogP) is 1.95. The van der Waals surface area contributed by atoms with E-state index in [0.717, 1.165) is 10.4 Å². The Morgan fingerprint density at radius 2 is 2.31 bits per heavy atom. The van der Waals surface area contributed by atoms with Gasteiger partial charge < -0.3 is 9.84 Å². The zero-order chi connectivity index (χ0) is 12.0. The van der Waals surface area contributed by atoms with Crippen LogP contribution in [0.5, 0.6) is 0 Å². The van der Waals surface area contributed by atoms with E-state index in [9.17, 15) is 9.59 Å². The molecule has 0 atom stereocenters. The number of hydrogen-bond donors (Lipinski definition) is 1. The van der Waals surface area contributed by atoms with E-state index in [0.29, 0.717) is 6.61 Å². The molecular formula is C11H12O4S. The van der Waals surface area contributed by atoms with Crippen molar-refractivity contribution in [3.8, 4) is 0 Å². The summed E-state index contributed by atoms with van der Waals surface area (Å²) in [4.78, 5) is 22.2. The topological polar surface area (TPSA) is 63.6 Å². The maximum Gasteiger partial charge on any atom is 0.330 e. The summed E-state index contributed by atoms with van der Waals surface area (Å²) in [6.45, 7) is 2.08. The molecule has 5 heteroatoms. The van der Waals surface area contributed by atoms with Crippen molar-refractivity contribution in [2.45, 2.75) is 13.3 Å². The van der Waals surface area contributed by atoms with Crippen molar-refractivity contribution in [2.75, 3.05) is 6.61 Å². The van der Waals surface area contributed by atoms with Crippen LogP contribution in [0.3, 0.4) is 0 Å². The first kappa shape index (κ1) is 12.4. The van der Waals surface area contributed by atoms with Gasteiger partial charge in [0.05, 0.1) is 13.0 Å². The molecule has 1 N–H and O–H groups in total. The van der Waals surface area contributed by atoms with Gasteiger partial charge in [-0.3, -0.25) is 4.79 Å². The van der Waals surface area contributed by atoms with E-state index in [-0.39, 0.29) is 6.42 Å². The summed E-state index contributed by atoms with van der Waals surface area (Å²) < 4.78 is 4.72. The molecule has 0 aliphatic heterocycles. The van der Waals surface area contributed by atoms with Crippen LogP contribution < -0.4 is 0 Å². The number of carbonyl (C=O) groups is 2. The van der Waals surface area contributed by atoms with Crippen LogP contribution >= 0.6 is 11.3 Å². The number of rotatable bonds is 5. The number of hydrogen-bond acceptors (Lipinski definition) is 4. The van der Waals surface area contributed by atoms with Gasteiger partial charge in [0, 0.05) is 11.0 Å². The number of aliphatic carboxylic acids is 1. The summed E-state index contributed by atoms with van der Waals surface area (Å²) in [7, 11) is 0. The molecule has 1 aromatic heterocycles. The molecule has 1 heterocycles. The minimum Gasteiger partial charge on any atom is -0.481 e. The highest BCUT2D eigenvalue weighted by Crippen LogP contribution is 2.16. The fraction of sp³-hybridized carbons (Fsp3) is 0.273. The maximum absolute atomic E-state index is 11.0. The van der Waals surface area contributed by atoms with Crippen LogP contribution in [0.1, 0.15) is 17.4 Å². The van der Waals surface area contributed by atoms with Crippen molar-refractivity contribution in [2.24, 2.45) is 0 Å². The summed E-state index contributed by atoms with van der Waals surface area (Å²) in [6, 6.07) is 1.74. The highest BCUT2D eigenvalue weighted by atomic mass is 32.1. The van der Waals surface area contributed by atoms with Gasteiger partial charge >= 0.3 is 11.9 Å². The lowest BCUT2D eigenvalue weighted by molar-refractivity contribution is -0.137. The molecule has 0 spiro atoms. The molecule has 0 saturated carbocycles. The third-order valence-electron chi connectivity index (χ3n) is 1.70. The average molecular weight is 240 g/mol. The predicted molar refractivity (Wildman–Crippen MR) is 61.3 cm³/mol. The van der Waals surface area contributed by atoms with Gasteiger partial charge in [0.15, 0.2) is 0 Å². The van der Waals surface area contributed by atoms with Gasteiger partial charge in [-0.1, -0.05) is 0 Å². The molecule has 1 rings (SSSR count). The molecule has 0 unspecified atom stereocenters. The monoisotopic (exact) mass is 240 g/mol.